The van der Waals surface area contributed by atoms with Crippen molar-refractivity contribution in [1.29, 1.82) is 0 Å². The summed E-state index contributed by atoms with van der Waals surface area (Å²) in [7, 11) is 1.70. The molecule has 1 N–H and O–H groups in total. The van der Waals surface area contributed by atoms with Gasteiger partial charge in [-0.25, -0.2) is 0 Å². The number of hydrogen-bond donors (Lipinski definition) is 1. The first-order chi connectivity index (χ1) is 10.2. The Balaban J connectivity index is 1.84. The van der Waals surface area contributed by atoms with Gasteiger partial charge in [0.1, 0.15) is 5.75 Å². The van der Waals surface area contributed by atoms with E-state index in [2.05, 4.69) is 28.1 Å². The second-order valence-corrected chi connectivity index (χ2v) is 5.28. The monoisotopic (exact) mass is 291 g/mol. The van der Waals surface area contributed by atoms with Crippen LogP contribution in [0.4, 0.5) is 5.69 Å². The van der Waals surface area contributed by atoms with Crippen LogP contribution in [0.25, 0.3) is 0 Å². The number of piperazine rings is 1. The van der Waals surface area contributed by atoms with Gasteiger partial charge in [-0.05, 0) is 18.6 Å². The molecule has 1 heterocycles. The smallest absolute Gasteiger partial charge is 0.234 e. The molecular formula is C16H25N3O2. The lowest BCUT2D eigenvalue weighted by Crippen LogP contribution is -2.49. The van der Waals surface area contributed by atoms with Gasteiger partial charge in [0.25, 0.3) is 0 Å². The summed E-state index contributed by atoms with van der Waals surface area (Å²) < 4.78 is 5.41. The predicted molar refractivity (Wildman–Crippen MR) is 84.9 cm³/mol. The first-order valence-corrected chi connectivity index (χ1v) is 7.61. The lowest BCUT2D eigenvalue weighted by Gasteiger charge is -2.36. The third-order valence-electron chi connectivity index (χ3n) is 3.74. The summed E-state index contributed by atoms with van der Waals surface area (Å²) in [4.78, 5) is 16.3. The summed E-state index contributed by atoms with van der Waals surface area (Å²) in [5.41, 5.74) is 1.13. The number of hydrogen-bond acceptors (Lipinski definition) is 4. The maximum Gasteiger partial charge on any atom is 0.234 e. The Morgan fingerprint density at radius 3 is 2.62 bits per heavy atom. The van der Waals surface area contributed by atoms with E-state index in [1.165, 1.54) is 0 Å². The molecule has 0 unspecified atom stereocenters. The quantitative estimate of drug-likeness (QED) is 0.859. The number of para-hydroxylation sites is 2. The van der Waals surface area contributed by atoms with E-state index in [9.17, 15) is 4.79 Å². The molecule has 0 saturated carbocycles. The van der Waals surface area contributed by atoms with Crippen LogP contribution in [0.1, 0.15) is 13.3 Å². The molecule has 2 rings (SSSR count). The number of amides is 1. The van der Waals surface area contributed by atoms with Crippen LogP contribution in [0.3, 0.4) is 0 Å². The molecule has 0 radical (unpaired) electrons. The Bertz CT molecular complexity index is 457. The van der Waals surface area contributed by atoms with Crippen LogP contribution in [0.2, 0.25) is 0 Å². The van der Waals surface area contributed by atoms with E-state index in [0.29, 0.717) is 6.54 Å². The van der Waals surface area contributed by atoms with Crippen LogP contribution >= 0.6 is 0 Å². The molecule has 5 heteroatoms. The number of ether oxygens (including phenoxy) is 1. The molecule has 1 aromatic carbocycles. The number of anilines is 1. The maximum atomic E-state index is 11.7. The lowest BCUT2D eigenvalue weighted by atomic mass is 10.2. The van der Waals surface area contributed by atoms with Gasteiger partial charge in [0.2, 0.25) is 5.91 Å². The Morgan fingerprint density at radius 2 is 1.95 bits per heavy atom. The topological polar surface area (TPSA) is 44.8 Å². The second-order valence-electron chi connectivity index (χ2n) is 5.28. The van der Waals surface area contributed by atoms with Crippen molar-refractivity contribution in [1.82, 2.24) is 10.2 Å². The predicted octanol–water partition coefficient (Wildman–Crippen LogP) is 1.34. The normalized spacial score (nSPS) is 15.8. The van der Waals surface area contributed by atoms with Crippen molar-refractivity contribution in [2.45, 2.75) is 13.3 Å². The van der Waals surface area contributed by atoms with Crippen LogP contribution in [0.15, 0.2) is 24.3 Å². The molecule has 0 aromatic heterocycles. The Labute approximate surface area is 126 Å². The van der Waals surface area contributed by atoms with Crippen molar-refractivity contribution in [2.75, 3.05) is 51.3 Å². The minimum absolute atomic E-state index is 0.127. The average Bonchev–Trinajstić information content (AvgIpc) is 2.53. The molecule has 116 valence electrons. The van der Waals surface area contributed by atoms with Crippen LogP contribution in [-0.4, -0.2) is 57.2 Å². The van der Waals surface area contributed by atoms with Crippen molar-refractivity contribution in [3.05, 3.63) is 24.3 Å². The van der Waals surface area contributed by atoms with Crippen LogP contribution in [0.5, 0.6) is 5.75 Å². The fourth-order valence-electron chi connectivity index (χ4n) is 2.56. The summed E-state index contributed by atoms with van der Waals surface area (Å²) in [5.74, 6) is 1.04. The molecule has 0 aliphatic carbocycles. The standard InChI is InChI=1S/C16H25N3O2/c1-3-8-17-16(20)13-18-9-11-19(12-10-18)14-6-4-5-7-15(14)21-2/h4-7H,3,8-13H2,1-2H3,(H,17,20). The van der Waals surface area contributed by atoms with Gasteiger partial charge < -0.3 is 15.0 Å². The van der Waals surface area contributed by atoms with Crippen molar-refractivity contribution in [3.63, 3.8) is 0 Å². The van der Waals surface area contributed by atoms with Crippen LogP contribution in [-0.2, 0) is 4.79 Å². The second kappa shape index (κ2) is 7.88. The largest absolute Gasteiger partial charge is 0.495 e. The highest BCUT2D eigenvalue weighted by molar-refractivity contribution is 5.78. The maximum absolute atomic E-state index is 11.7. The minimum atomic E-state index is 0.127. The third kappa shape index (κ3) is 4.36. The van der Waals surface area contributed by atoms with Gasteiger partial charge in [-0.2, -0.15) is 0 Å². The van der Waals surface area contributed by atoms with E-state index in [1.54, 1.807) is 7.11 Å². The van der Waals surface area contributed by atoms with Gasteiger partial charge in [-0.15, -0.1) is 0 Å². The Hall–Kier alpha value is -1.75. The van der Waals surface area contributed by atoms with E-state index >= 15 is 0 Å². The minimum Gasteiger partial charge on any atom is -0.495 e. The number of rotatable bonds is 6. The molecule has 1 aliphatic rings. The first-order valence-electron chi connectivity index (χ1n) is 7.61. The SMILES string of the molecule is CCCNC(=O)CN1CCN(c2ccccc2OC)CC1. The van der Waals surface area contributed by atoms with E-state index in [0.717, 1.165) is 50.6 Å². The number of carbonyl (C=O) groups excluding carboxylic acids is 1. The summed E-state index contributed by atoms with van der Waals surface area (Å²) >= 11 is 0. The molecule has 1 amide bonds. The molecule has 1 aliphatic heterocycles. The number of methoxy groups -OCH3 is 1. The summed E-state index contributed by atoms with van der Waals surface area (Å²) in [6.45, 7) is 6.96. The zero-order chi connectivity index (χ0) is 15.1. The first kappa shape index (κ1) is 15.6. The van der Waals surface area contributed by atoms with E-state index in [4.69, 9.17) is 4.74 Å². The number of nitrogens with zero attached hydrogens (tertiary/aromatic N) is 2. The average molecular weight is 291 g/mol. The highest BCUT2D eigenvalue weighted by atomic mass is 16.5. The summed E-state index contributed by atoms with van der Waals surface area (Å²) in [6, 6.07) is 8.08. The molecule has 1 fully saturated rings. The van der Waals surface area contributed by atoms with Gasteiger partial charge in [-0.3, -0.25) is 9.69 Å². The number of carbonyl (C=O) groups is 1. The lowest BCUT2D eigenvalue weighted by molar-refractivity contribution is -0.122. The molecule has 5 nitrogen and oxygen atoms in total. The number of nitrogens with one attached hydrogen (secondary N) is 1. The highest BCUT2D eigenvalue weighted by Gasteiger charge is 2.20. The molecule has 0 spiro atoms. The third-order valence-corrected chi connectivity index (χ3v) is 3.74. The van der Waals surface area contributed by atoms with Gasteiger partial charge in [0, 0.05) is 32.7 Å². The Kier molecular flexibility index (Phi) is 5.87. The zero-order valence-electron chi connectivity index (χ0n) is 13.0. The Morgan fingerprint density at radius 1 is 1.24 bits per heavy atom. The van der Waals surface area contributed by atoms with Crippen molar-refractivity contribution in [3.8, 4) is 5.75 Å². The van der Waals surface area contributed by atoms with Crippen LogP contribution in [0, 0.1) is 0 Å². The number of benzene rings is 1. The molecular weight excluding hydrogens is 266 g/mol. The molecule has 1 saturated heterocycles. The fourth-order valence-corrected chi connectivity index (χ4v) is 2.56. The van der Waals surface area contributed by atoms with Gasteiger partial charge in [0.05, 0.1) is 19.3 Å². The highest BCUT2D eigenvalue weighted by Crippen LogP contribution is 2.28. The van der Waals surface area contributed by atoms with E-state index in [-0.39, 0.29) is 5.91 Å². The van der Waals surface area contributed by atoms with E-state index in [1.807, 2.05) is 18.2 Å². The zero-order valence-corrected chi connectivity index (χ0v) is 13.0. The van der Waals surface area contributed by atoms with Gasteiger partial charge >= 0.3 is 0 Å². The fraction of sp³-hybridized carbons (Fsp3) is 0.562. The van der Waals surface area contributed by atoms with Crippen LogP contribution < -0.4 is 15.0 Å². The molecule has 0 atom stereocenters. The van der Waals surface area contributed by atoms with Gasteiger partial charge in [0.15, 0.2) is 0 Å². The molecule has 0 bridgehead atoms. The summed E-state index contributed by atoms with van der Waals surface area (Å²) in [6.07, 6.45) is 0.979. The van der Waals surface area contributed by atoms with Crippen molar-refractivity contribution >= 4 is 11.6 Å². The molecule has 1 aromatic rings. The van der Waals surface area contributed by atoms with Crippen molar-refractivity contribution in [2.24, 2.45) is 0 Å². The van der Waals surface area contributed by atoms with Crippen molar-refractivity contribution < 1.29 is 9.53 Å². The van der Waals surface area contributed by atoms with Gasteiger partial charge in [-0.1, -0.05) is 19.1 Å². The summed E-state index contributed by atoms with van der Waals surface area (Å²) in [5, 5.41) is 2.93. The molecule has 21 heavy (non-hydrogen) atoms. The van der Waals surface area contributed by atoms with E-state index < -0.39 is 0 Å².